The van der Waals surface area contributed by atoms with Crippen LogP contribution < -0.4 is 26.0 Å². The van der Waals surface area contributed by atoms with Crippen molar-refractivity contribution in [2.24, 2.45) is 0 Å². The average molecular weight is 416 g/mol. The Balaban J connectivity index is 1.53. The SMILES string of the molecule is O=c1[nH]c(=O)c2cc(S(=O)(=O)Nc3ccc(O[C@H]4CCCNC4)cc3)ccc2[nH]1. The molecule has 2 heterocycles. The first-order valence-electron chi connectivity index (χ1n) is 9.17. The maximum Gasteiger partial charge on any atom is 0.326 e. The molecule has 0 spiro atoms. The molecule has 1 fully saturated rings. The van der Waals surface area contributed by atoms with Gasteiger partial charge in [-0.3, -0.25) is 14.5 Å². The number of ether oxygens (including phenoxy) is 1. The van der Waals surface area contributed by atoms with Gasteiger partial charge in [-0.15, -0.1) is 0 Å². The van der Waals surface area contributed by atoms with Gasteiger partial charge in [-0.2, -0.15) is 0 Å². The van der Waals surface area contributed by atoms with Crippen molar-refractivity contribution in [3.05, 3.63) is 63.3 Å². The normalized spacial score (nSPS) is 17.2. The highest BCUT2D eigenvalue weighted by molar-refractivity contribution is 7.92. The Labute approximate surface area is 166 Å². The van der Waals surface area contributed by atoms with E-state index < -0.39 is 21.3 Å². The zero-order valence-corrected chi connectivity index (χ0v) is 16.2. The second kappa shape index (κ2) is 7.72. The molecule has 1 aromatic heterocycles. The summed E-state index contributed by atoms with van der Waals surface area (Å²) in [6, 6.07) is 10.6. The van der Waals surface area contributed by atoms with Gasteiger partial charge in [0, 0.05) is 12.2 Å². The summed E-state index contributed by atoms with van der Waals surface area (Å²) in [5, 5.41) is 3.36. The Morgan fingerprint density at radius 3 is 2.55 bits per heavy atom. The molecule has 0 unspecified atom stereocenters. The lowest BCUT2D eigenvalue weighted by molar-refractivity contribution is 0.167. The molecular formula is C19H20N4O5S. The standard InChI is InChI=1S/C19H20N4O5S/c24-18-16-10-15(7-8-17(16)21-19(25)22-18)29(26,27)23-12-3-5-13(6-4-12)28-14-2-1-9-20-11-14/h3-8,10,14,20,23H,1-2,9,11H2,(H2,21,22,24,25)/t14-/m0/s1. The number of hydrogen-bond donors (Lipinski definition) is 4. The molecule has 1 aliphatic rings. The topological polar surface area (TPSA) is 133 Å². The number of sulfonamides is 1. The number of aromatic nitrogens is 2. The number of anilines is 1. The fourth-order valence-corrected chi connectivity index (χ4v) is 4.32. The van der Waals surface area contributed by atoms with Crippen molar-refractivity contribution < 1.29 is 13.2 Å². The van der Waals surface area contributed by atoms with E-state index in [4.69, 9.17) is 4.74 Å². The fourth-order valence-electron chi connectivity index (χ4n) is 3.24. The lowest BCUT2D eigenvalue weighted by Crippen LogP contribution is -2.37. The van der Waals surface area contributed by atoms with Crippen LogP contribution in [0.2, 0.25) is 0 Å². The van der Waals surface area contributed by atoms with Crippen LogP contribution in [0.4, 0.5) is 5.69 Å². The Morgan fingerprint density at radius 1 is 1.03 bits per heavy atom. The Kier molecular flexibility index (Phi) is 5.12. The van der Waals surface area contributed by atoms with Crippen molar-refractivity contribution in [2.75, 3.05) is 17.8 Å². The highest BCUT2D eigenvalue weighted by atomic mass is 32.2. The van der Waals surface area contributed by atoms with Gasteiger partial charge in [0.05, 0.1) is 15.8 Å². The molecule has 0 radical (unpaired) electrons. The third-order valence-corrected chi connectivity index (χ3v) is 6.06. The molecule has 1 aliphatic heterocycles. The number of fused-ring (bicyclic) bond motifs is 1. The molecule has 9 nitrogen and oxygen atoms in total. The lowest BCUT2D eigenvalue weighted by atomic mass is 10.1. The van der Waals surface area contributed by atoms with E-state index in [0.29, 0.717) is 11.4 Å². The highest BCUT2D eigenvalue weighted by Gasteiger charge is 2.17. The molecule has 2 aromatic carbocycles. The van der Waals surface area contributed by atoms with Crippen LogP contribution in [0.25, 0.3) is 10.9 Å². The second-order valence-electron chi connectivity index (χ2n) is 6.83. The average Bonchev–Trinajstić information content (AvgIpc) is 2.70. The maximum absolute atomic E-state index is 12.7. The van der Waals surface area contributed by atoms with Gasteiger partial charge < -0.3 is 15.0 Å². The van der Waals surface area contributed by atoms with E-state index in [0.717, 1.165) is 25.9 Å². The molecule has 4 N–H and O–H groups in total. The van der Waals surface area contributed by atoms with Crippen LogP contribution in [-0.4, -0.2) is 37.6 Å². The minimum absolute atomic E-state index is 0.0808. The fraction of sp³-hybridized carbons (Fsp3) is 0.263. The van der Waals surface area contributed by atoms with Crippen molar-refractivity contribution in [3.63, 3.8) is 0 Å². The van der Waals surface area contributed by atoms with E-state index in [2.05, 4.69) is 20.0 Å². The molecule has 0 saturated carbocycles. The van der Waals surface area contributed by atoms with Gasteiger partial charge in [-0.05, 0) is 61.9 Å². The van der Waals surface area contributed by atoms with E-state index in [1.54, 1.807) is 24.3 Å². The molecule has 0 aliphatic carbocycles. The van der Waals surface area contributed by atoms with Gasteiger partial charge >= 0.3 is 5.69 Å². The molecule has 0 bridgehead atoms. The number of H-pyrrole nitrogens is 2. The van der Waals surface area contributed by atoms with Crippen molar-refractivity contribution >= 4 is 26.6 Å². The molecule has 152 valence electrons. The molecule has 0 amide bonds. The minimum atomic E-state index is -3.92. The van der Waals surface area contributed by atoms with E-state index >= 15 is 0 Å². The predicted molar refractivity (Wildman–Crippen MR) is 109 cm³/mol. The molecule has 3 aromatic rings. The van der Waals surface area contributed by atoms with Crippen LogP contribution in [0.1, 0.15) is 12.8 Å². The molecule has 10 heteroatoms. The van der Waals surface area contributed by atoms with Crippen LogP contribution in [0.15, 0.2) is 56.9 Å². The maximum atomic E-state index is 12.7. The highest BCUT2D eigenvalue weighted by Crippen LogP contribution is 2.22. The first kappa shape index (κ1) is 19.2. The van der Waals surface area contributed by atoms with Crippen LogP contribution in [-0.2, 0) is 10.0 Å². The second-order valence-corrected chi connectivity index (χ2v) is 8.51. The summed E-state index contributed by atoms with van der Waals surface area (Å²) in [6.07, 6.45) is 2.15. The lowest BCUT2D eigenvalue weighted by Gasteiger charge is -2.24. The number of nitrogens with one attached hydrogen (secondary N) is 4. The van der Waals surface area contributed by atoms with Crippen molar-refractivity contribution in [3.8, 4) is 5.75 Å². The van der Waals surface area contributed by atoms with E-state index in [9.17, 15) is 18.0 Å². The third-order valence-electron chi connectivity index (χ3n) is 4.68. The Hall–Kier alpha value is -3.11. The first-order valence-corrected chi connectivity index (χ1v) is 10.7. The largest absolute Gasteiger partial charge is 0.489 e. The summed E-state index contributed by atoms with van der Waals surface area (Å²) in [7, 11) is -3.92. The van der Waals surface area contributed by atoms with Crippen LogP contribution in [0.3, 0.4) is 0 Å². The van der Waals surface area contributed by atoms with Crippen LogP contribution in [0.5, 0.6) is 5.75 Å². The van der Waals surface area contributed by atoms with Gasteiger partial charge in [0.1, 0.15) is 11.9 Å². The van der Waals surface area contributed by atoms with Crippen molar-refractivity contribution in [2.45, 2.75) is 23.8 Å². The summed E-state index contributed by atoms with van der Waals surface area (Å²) in [5.41, 5.74) is -0.673. The van der Waals surface area contributed by atoms with Gasteiger partial charge in [0.15, 0.2) is 0 Å². The zero-order chi connectivity index (χ0) is 20.4. The Morgan fingerprint density at radius 2 is 1.83 bits per heavy atom. The molecule has 1 saturated heterocycles. The Bertz CT molecular complexity index is 1240. The van der Waals surface area contributed by atoms with Gasteiger partial charge in [-0.1, -0.05) is 0 Å². The number of rotatable bonds is 5. The van der Waals surface area contributed by atoms with Crippen molar-refractivity contribution in [1.29, 1.82) is 0 Å². The number of aromatic amines is 2. The van der Waals surface area contributed by atoms with Crippen LogP contribution >= 0.6 is 0 Å². The van der Waals surface area contributed by atoms with Crippen molar-refractivity contribution in [1.82, 2.24) is 15.3 Å². The summed E-state index contributed by atoms with van der Waals surface area (Å²) in [6.45, 7) is 1.79. The van der Waals surface area contributed by atoms with Gasteiger partial charge in [0.25, 0.3) is 15.6 Å². The number of piperidine rings is 1. The predicted octanol–water partition coefficient (Wildman–Crippen LogP) is 1.15. The molecule has 4 rings (SSSR count). The van der Waals surface area contributed by atoms with E-state index in [1.165, 1.54) is 18.2 Å². The first-order chi connectivity index (χ1) is 13.9. The number of benzene rings is 2. The van der Waals surface area contributed by atoms with E-state index in [1.807, 2.05) is 0 Å². The van der Waals surface area contributed by atoms with Gasteiger partial charge in [0.2, 0.25) is 0 Å². The summed E-state index contributed by atoms with van der Waals surface area (Å²) in [5.74, 6) is 0.669. The molecule has 29 heavy (non-hydrogen) atoms. The minimum Gasteiger partial charge on any atom is -0.489 e. The summed E-state index contributed by atoms with van der Waals surface area (Å²) in [4.78, 5) is 27.7. The molecular weight excluding hydrogens is 396 g/mol. The third kappa shape index (κ3) is 4.33. The summed E-state index contributed by atoms with van der Waals surface area (Å²) < 4.78 is 33.8. The smallest absolute Gasteiger partial charge is 0.326 e. The molecule has 1 atom stereocenters. The van der Waals surface area contributed by atoms with Gasteiger partial charge in [-0.25, -0.2) is 13.2 Å². The zero-order valence-electron chi connectivity index (χ0n) is 15.4. The monoisotopic (exact) mass is 416 g/mol. The number of hydrogen-bond acceptors (Lipinski definition) is 6. The summed E-state index contributed by atoms with van der Waals surface area (Å²) >= 11 is 0. The quantitative estimate of drug-likeness (QED) is 0.493. The van der Waals surface area contributed by atoms with E-state index in [-0.39, 0.29) is 21.9 Å². The van der Waals surface area contributed by atoms with Crippen LogP contribution in [0, 0.1) is 0 Å².